The Bertz CT molecular complexity index is 808. The van der Waals surface area contributed by atoms with Crippen LogP contribution in [0.2, 0.25) is 0 Å². The van der Waals surface area contributed by atoms with Crippen molar-refractivity contribution in [3.63, 3.8) is 0 Å². The lowest BCUT2D eigenvalue weighted by Gasteiger charge is -2.18. The predicted octanol–water partition coefficient (Wildman–Crippen LogP) is 3.42. The fourth-order valence-electron chi connectivity index (χ4n) is 2.67. The first-order valence-electron chi connectivity index (χ1n) is 9.06. The summed E-state index contributed by atoms with van der Waals surface area (Å²) < 4.78 is 5.43. The summed E-state index contributed by atoms with van der Waals surface area (Å²) in [5.74, 6) is 0.599. The first-order valence-corrected chi connectivity index (χ1v) is 9.06. The van der Waals surface area contributed by atoms with Gasteiger partial charge in [-0.3, -0.25) is 9.59 Å². The summed E-state index contributed by atoms with van der Waals surface area (Å²) in [6.07, 6.45) is 3.81. The molecule has 140 valence electrons. The number of hydrogen-bond donors (Lipinski definition) is 1. The number of amides is 2. The molecular weight excluding hydrogens is 340 g/mol. The number of benzene rings is 2. The summed E-state index contributed by atoms with van der Waals surface area (Å²) in [6, 6.07) is 14.8. The molecule has 5 heteroatoms. The van der Waals surface area contributed by atoms with Gasteiger partial charge in [0.25, 0.3) is 11.8 Å². The van der Waals surface area contributed by atoms with Gasteiger partial charge in [0.1, 0.15) is 12.4 Å². The van der Waals surface area contributed by atoms with E-state index in [9.17, 15) is 9.59 Å². The van der Waals surface area contributed by atoms with Gasteiger partial charge in [-0.25, -0.2) is 0 Å². The predicted molar refractivity (Wildman–Crippen MR) is 105 cm³/mol. The van der Waals surface area contributed by atoms with E-state index in [1.54, 1.807) is 54.4 Å². The summed E-state index contributed by atoms with van der Waals surface area (Å²) in [4.78, 5) is 26.3. The smallest absolute Gasteiger partial charge is 0.253 e. The van der Waals surface area contributed by atoms with Gasteiger partial charge in [-0.15, -0.1) is 0 Å². The molecule has 0 unspecified atom stereocenters. The molecule has 3 rings (SSSR count). The summed E-state index contributed by atoms with van der Waals surface area (Å²) in [5.41, 5.74) is 2.22. The minimum absolute atomic E-state index is 0.0350. The number of rotatable bonds is 8. The number of ether oxygens (including phenoxy) is 1. The van der Waals surface area contributed by atoms with E-state index in [1.165, 1.54) is 0 Å². The summed E-state index contributed by atoms with van der Waals surface area (Å²) in [5, 5.41) is 2.97. The van der Waals surface area contributed by atoms with E-state index in [1.807, 2.05) is 12.1 Å². The van der Waals surface area contributed by atoms with Crippen molar-refractivity contribution in [1.29, 1.82) is 0 Å². The number of carbonyl (C=O) groups is 2. The standard InChI is InChI=1S/C22H24N2O3/c1-3-14-27-20-12-8-18(9-13-20)22(26)24(2)15-16-4-6-17(7-5-16)21(25)23-19-10-11-19/h3-9,12-13,19H,1,10-11,14-15H2,2H3,(H,23,25). The van der Waals surface area contributed by atoms with Crippen LogP contribution in [0.4, 0.5) is 0 Å². The first-order chi connectivity index (χ1) is 13.1. The van der Waals surface area contributed by atoms with Crippen LogP contribution >= 0.6 is 0 Å². The molecule has 1 fully saturated rings. The van der Waals surface area contributed by atoms with E-state index in [-0.39, 0.29) is 11.8 Å². The lowest BCUT2D eigenvalue weighted by Crippen LogP contribution is -2.26. The van der Waals surface area contributed by atoms with Crippen molar-refractivity contribution in [3.8, 4) is 5.75 Å². The molecule has 2 amide bonds. The normalized spacial score (nSPS) is 12.9. The van der Waals surface area contributed by atoms with Crippen LogP contribution in [0.1, 0.15) is 39.1 Å². The minimum atomic E-state index is -0.0687. The Kier molecular flexibility index (Phi) is 5.91. The molecule has 0 saturated heterocycles. The topological polar surface area (TPSA) is 58.6 Å². The Morgan fingerprint density at radius 1 is 1.11 bits per heavy atom. The zero-order chi connectivity index (χ0) is 19.2. The molecule has 0 aliphatic heterocycles. The van der Waals surface area contributed by atoms with Crippen molar-refractivity contribution < 1.29 is 14.3 Å². The molecule has 0 atom stereocenters. The monoisotopic (exact) mass is 364 g/mol. The molecule has 2 aromatic rings. The summed E-state index contributed by atoms with van der Waals surface area (Å²) in [6.45, 7) is 4.51. The lowest BCUT2D eigenvalue weighted by molar-refractivity contribution is 0.0784. The lowest BCUT2D eigenvalue weighted by atomic mass is 10.1. The number of hydrogen-bond acceptors (Lipinski definition) is 3. The van der Waals surface area contributed by atoms with Crippen LogP contribution in [0.3, 0.4) is 0 Å². The van der Waals surface area contributed by atoms with Crippen LogP contribution in [-0.4, -0.2) is 36.4 Å². The molecule has 5 nitrogen and oxygen atoms in total. The first kappa shape index (κ1) is 18.7. The van der Waals surface area contributed by atoms with E-state index >= 15 is 0 Å². The van der Waals surface area contributed by atoms with Crippen LogP contribution in [0.25, 0.3) is 0 Å². The molecule has 1 N–H and O–H groups in total. The van der Waals surface area contributed by atoms with Gasteiger partial charge in [0.15, 0.2) is 0 Å². The maximum Gasteiger partial charge on any atom is 0.253 e. The van der Waals surface area contributed by atoms with Gasteiger partial charge in [-0.05, 0) is 54.8 Å². The Morgan fingerprint density at radius 3 is 2.33 bits per heavy atom. The van der Waals surface area contributed by atoms with Crippen LogP contribution < -0.4 is 10.1 Å². The molecule has 0 aromatic heterocycles. The second kappa shape index (κ2) is 8.54. The molecule has 27 heavy (non-hydrogen) atoms. The van der Waals surface area contributed by atoms with Crippen molar-refractivity contribution in [3.05, 3.63) is 77.9 Å². The molecule has 1 aliphatic rings. The van der Waals surface area contributed by atoms with E-state index in [4.69, 9.17) is 4.74 Å². The van der Waals surface area contributed by atoms with Gasteiger partial charge >= 0.3 is 0 Å². The fourth-order valence-corrected chi connectivity index (χ4v) is 2.67. The Labute approximate surface area is 159 Å². The van der Waals surface area contributed by atoms with E-state index < -0.39 is 0 Å². The van der Waals surface area contributed by atoms with E-state index in [0.717, 1.165) is 18.4 Å². The molecule has 0 heterocycles. The largest absolute Gasteiger partial charge is 0.490 e. The van der Waals surface area contributed by atoms with Crippen LogP contribution in [0, 0.1) is 0 Å². The number of carbonyl (C=O) groups excluding carboxylic acids is 2. The second-order valence-electron chi connectivity index (χ2n) is 6.73. The summed E-state index contributed by atoms with van der Waals surface area (Å²) >= 11 is 0. The Hall–Kier alpha value is -3.08. The van der Waals surface area contributed by atoms with Gasteiger partial charge in [-0.2, -0.15) is 0 Å². The van der Waals surface area contributed by atoms with E-state index in [2.05, 4.69) is 11.9 Å². The van der Waals surface area contributed by atoms with Crippen molar-refractivity contribution in [2.75, 3.05) is 13.7 Å². The number of nitrogens with zero attached hydrogens (tertiary/aromatic N) is 1. The van der Waals surface area contributed by atoms with Crippen LogP contribution in [0.5, 0.6) is 5.75 Å². The number of nitrogens with one attached hydrogen (secondary N) is 1. The quantitative estimate of drug-likeness (QED) is 0.730. The third kappa shape index (κ3) is 5.20. The van der Waals surface area contributed by atoms with Gasteiger partial charge in [0.2, 0.25) is 0 Å². The highest BCUT2D eigenvalue weighted by Crippen LogP contribution is 2.19. The van der Waals surface area contributed by atoms with Crippen LogP contribution in [-0.2, 0) is 6.54 Å². The average Bonchev–Trinajstić information content (AvgIpc) is 3.50. The molecular formula is C22H24N2O3. The highest BCUT2D eigenvalue weighted by atomic mass is 16.5. The van der Waals surface area contributed by atoms with Crippen molar-refractivity contribution >= 4 is 11.8 Å². The molecule has 2 aromatic carbocycles. The van der Waals surface area contributed by atoms with Gasteiger partial charge < -0.3 is 15.0 Å². The Morgan fingerprint density at radius 2 is 1.74 bits per heavy atom. The average molecular weight is 364 g/mol. The van der Waals surface area contributed by atoms with Crippen LogP contribution in [0.15, 0.2) is 61.2 Å². The minimum Gasteiger partial charge on any atom is -0.490 e. The third-order valence-electron chi connectivity index (χ3n) is 4.36. The molecule has 0 spiro atoms. The SMILES string of the molecule is C=CCOc1ccc(C(=O)N(C)Cc2ccc(C(=O)NC3CC3)cc2)cc1. The van der Waals surface area contributed by atoms with E-state index in [0.29, 0.717) is 36.1 Å². The third-order valence-corrected chi connectivity index (χ3v) is 4.36. The zero-order valence-corrected chi connectivity index (χ0v) is 15.5. The van der Waals surface area contributed by atoms with Crippen molar-refractivity contribution in [2.24, 2.45) is 0 Å². The molecule has 0 radical (unpaired) electrons. The highest BCUT2D eigenvalue weighted by molar-refractivity contribution is 5.95. The maximum atomic E-state index is 12.6. The maximum absolute atomic E-state index is 12.6. The highest BCUT2D eigenvalue weighted by Gasteiger charge is 2.23. The van der Waals surface area contributed by atoms with Gasteiger partial charge in [-0.1, -0.05) is 24.8 Å². The molecule has 1 aliphatic carbocycles. The van der Waals surface area contributed by atoms with Crippen molar-refractivity contribution in [2.45, 2.75) is 25.4 Å². The second-order valence-corrected chi connectivity index (χ2v) is 6.73. The Balaban J connectivity index is 1.57. The van der Waals surface area contributed by atoms with Gasteiger partial charge in [0.05, 0.1) is 0 Å². The molecule has 1 saturated carbocycles. The summed E-state index contributed by atoms with van der Waals surface area (Å²) in [7, 11) is 1.76. The van der Waals surface area contributed by atoms with Crippen molar-refractivity contribution in [1.82, 2.24) is 10.2 Å². The molecule has 0 bridgehead atoms. The van der Waals surface area contributed by atoms with Gasteiger partial charge in [0, 0.05) is 30.8 Å². The zero-order valence-electron chi connectivity index (χ0n) is 15.5. The fraction of sp³-hybridized carbons (Fsp3) is 0.273.